The molecule has 0 aromatic rings. The molecule has 0 heterocycles. The van der Waals surface area contributed by atoms with Gasteiger partial charge in [-0.1, -0.05) is 20.8 Å². The minimum atomic E-state index is -1.77. The summed E-state index contributed by atoms with van der Waals surface area (Å²) < 4.78 is 0. The fourth-order valence-electron chi connectivity index (χ4n) is 2.27. The first-order valence-electron chi connectivity index (χ1n) is 6.64. The number of aliphatic hydroxyl groups excluding tert-OH is 2. The zero-order chi connectivity index (χ0) is 17.0. The van der Waals surface area contributed by atoms with Gasteiger partial charge in [-0.3, -0.25) is 9.59 Å². The Balaban J connectivity index is 4.96. The van der Waals surface area contributed by atoms with Crippen molar-refractivity contribution in [2.75, 3.05) is 0 Å². The molecule has 0 aliphatic rings. The number of carbonyl (C=O) groups excluding carboxylic acids is 1. The van der Waals surface area contributed by atoms with E-state index >= 15 is 0 Å². The van der Waals surface area contributed by atoms with E-state index in [2.05, 4.69) is 5.18 Å². The van der Waals surface area contributed by atoms with Crippen LogP contribution < -0.4 is 0 Å². The first-order valence-corrected chi connectivity index (χ1v) is 6.64. The normalized spacial score (nSPS) is 21.5. The lowest BCUT2D eigenvalue weighted by molar-refractivity contribution is -0.151. The first kappa shape index (κ1) is 19.6. The predicted molar refractivity (Wildman–Crippen MR) is 73.2 cm³/mol. The second kappa shape index (κ2) is 7.58. The van der Waals surface area contributed by atoms with Crippen molar-refractivity contribution in [3.05, 3.63) is 4.91 Å². The Labute approximate surface area is 122 Å². The van der Waals surface area contributed by atoms with E-state index in [9.17, 15) is 29.8 Å². The van der Waals surface area contributed by atoms with Gasteiger partial charge >= 0.3 is 5.97 Å². The molecule has 6 atom stereocenters. The quantitative estimate of drug-likeness (QED) is 0.466. The number of nitroso groups, excluding NO2 is 1. The molecule has 0 bridgehead atoms. The zero-order valence-corrected chi connectivity index (χ0v) is 12.6. The Hall–Kier alpha value is -1.38. The van der Waals surface area contributed by atoms with Crippen molar-refractivity contribution in [3.8, 4) is 0 Å². The highest BCUT2D eigenvalue weighted by Gasteiger charge is 2.41. The average Bonchev–Trinajstić information content (AvgIpc) is 2.42. The SMILES string of the molecule is C[C@@H]([C@H](O)[C@@H](C)C(=O)N=O)[C@@H](O)[C@](C)(O)C[C@@H](C)C(=O)O. The van der Waals surface area contributed by atoms with Crippen molar-refractivity contribution in [2.45, 2.75) is 51.9 Å². The maximum atomic E-state index is 11.1. The summed E-state index contributed by atoms with van der Waals surface area (Å²) in [5, 5.41) is 41.3. The number of aliphatic carboxylic acids is 1. The molecule has 0 aromatic heterocycles. The van der Waals surface area contributed by atoms with E-state index in [-0.39, 0.29) is 6.42 Å². The zero-order valence-electron chi connectivity index (χ0n) is 12.6. The van der Waals surface area contributed by atoms with Crippen molar-refractivity contribution < 1.29 is 30.0 Å². The lowest BCUT2D eigenvalue weighted by Crippen LogP contribution is -2.50. The van der Waals surface area contributed by atoms with Crippen LogP contribution in [0.3, 0.4) is 0 Å². The summed E-state index contributed by atoms with van der Waals surface area (Å²) in [6.07, 6.45) is -3.09. The minimum absolute atomic E-state index is 0.227. The summed E-state index contributed by atoms with van der Waals surface area (Å²) in [6, 6.07) is 0. The summed E-state index contributed by atoms with van der Waals surface area (Å²) in [6.45, 7) is 5.31. The fraction of sp³-hybridized carbons (Fsp3) is 0.846. The third-order valence-corrected chi connectivity index (χ3v) is 3.81. The van der Waals surface area contributed by atoms with E-state index in [0.717, 1.165) is 0 Å². The van der Waals surface area contributed by atoms with E-state index in [4.69, 9.17) is 5.11 Å². The molecule has 0 aromatic carbocycles. The molecule has 0 aliphatic heterocycles. The number of hydrogen-bond acceptors (Lipinski definition) is 6. The number of rotatable bonds is 8. The van der Waals surface area contributed by atoms with Crippen LogP contribution in [0.25, 0.3) is 0 Å². The maximum Gasteiger partial charge on any atom is 0.306 e. The summed E-state index contributed by atoms with van der Waals surface area (Å²) in [4.78, 5) is 32.1. The molecule has 0 radical (unpaired) electrons. The standard InChI is InChI=1S/C13H23NO7/c1-6(12(18)19)5-13(4,20)10(16)7(2)9(15)8(3)11(17)14-21/h6-10,15-16,20H,5H2,1-4H3,(H,18,19)/t6-,7+,8-,9+,10-,13-/m1/s1. The van der Waals surface area contributed by atoms with E-state index in [1.807, 2.05) is 0 Å². The smallest absolute Gasteiger partial charge is 0.306 e. The van der Waals surface area contributed by atoms with E-state index < -0.39 is 47.4 Å². The van der Waals surface area contributed by atoms with Gasteiger partial charge in [-0.2, -0.15) is 0 Å². The van der Waals surface area contributed by atoms with Crippen molar-refractivity contribution in [2.24, 2.45) is 22.9 Å². The summed E-state index contributed by atoms with van der Waals surface area (Å²) in [5.41, 5.74) is -1.77. The molecule has 1 amide bonds. The largest absolute Gasteiger partial charge is 0.481 e. The van der Waals surface area contributed by atoms with E-state index in [1.54, 1.807) is 0 Å². The summed E-state index contributed by atoms with van der Waals surface area (Å²) in [7, 11) is 0. The number of amides is 1. The number of carboxylic acid groups (broad SMARTS) is 1. The minimum Gasteiger partial charge on any atom is -0.481 e. The monoisotopic (exact) mass is 305 g/mol. The van der Waals surface area contributed by atoms with Crippen LogP contribution in [0.5, 0.6) is 0 Å². The Morgan fingerprint density at radius 3 is 2.05 bits per heavy atom. The lowest BCUT2D eigenvalue weighted by Gasteiger charge is -2.37. The third-order valence-electron chi connectivity index (χ3n) is 3.81. The lowest BCUT2D eigenvalue weighted by atomic mass is 9.78. The predicted octanol–water partition coefficient (Wildman–Crippen LogP) is 0.135. The Kier molecular flexibility index (Phi) is 7.08. The molecule has 0 saturated carbocycles. The van der Waals surface area contributed by atoms with Crippen molar-refractivity contribution in [1.29, 1.82) is 0 Å². The van der Waals surface area contributed by atoms with Crippen LogP contribution in [0.4, 0.5) is 0 Å². The van der Waals surface area contributed by atoms with Crippen LogP contribution in [0.15, 0.2) is 5.18 Å². The molecule has 0 aliphatic carbocycles. The van der Waals surface area contributed by atoms with Gasteiger partial charge in [0.25, 0.3) is 5.91 Å². The molecule has 0 unspecified atom stereocenters. The van der Waals surface area contributed by atoms with Crippen molar-refractivity contribution in [1.82, 2.24) is 0 Å². The number of carboxylic acids is 1. The number of carbonyl (C=O) groups is 2. The highest BCUT2D eigenvalue weighted by Crippen LogP contribution is 2.29. The third kappa shape index (κ3) is 5.14. The van der Waals surface area contributed by atoms with Crippen LogP contribution in [0.1, 0.15) is 34.1 Å². The van der Waals surface area contributed by atoms with Gasteiger partial charge in [0.05, 0.1) is 29.6 Å². The van der Waals surface area contributed by atoms with Crippen molar-refractivity contribution >= 4 is 11.9 Å². The topological polar surface area (TPSA) is 144 Å². The van der Waals surface area contributed by atoms with Gasteiger partial charge < -0.3 is 20.4 Å². The molecule has 8 heteroatoms. The molecule has 0 rings (SSSR count). The number of aliphatic hydroxyl groups is 3. The molecule has 4 N–H and O–H groups in total. The van der Waals surface area contributed by atoms with Crippen LogP contribution in [0, 0.1) is 22.7 Å². The average molecular weight is 305 g/mol. The van der Waals surface area contributed by atoms with Gasteiger partial charge in [0.2, 0.25) is 0 Å². The van der Waals surface area contributed by atoms with Gasteiger partial charge in [-0.15, -0.1) is 4.91 Å². The molecule has 0 saturated heterocycles. The summed E-state index contributed by atoms with van der Waals surface area (Å²) >= 11 is 0. The van der Waals surface area contributed by atoms with Crippen LogP contribution in [0.2, 0.25) is 0 Å². The van der Waals surface area contributed by atoms with Crippen LogP contribution in [-0.2, 0) is 9.59 Å². The van der Waals surface area contributed by atoms with E-state index in [1.165, 1.54) is 27.7 Å². The maximum absolute atomic E-state index is 11.1. The second-order valence-electron chi connectivity index (χ2n) is 5.81. The molecule has 0 fully saturated rings. The van der Waals surface area contributed by atoms with E-state index in [0.29, 0.717) is 0 Å². The fourth-order valence-corrected chi connectivity index (χ4v) is 2.27. The first-order chi connectivity index (χ1) is 9.45. The number of nitrogens with zero attached hydrogens (tertiary/aromatic N) is 1. The molecule has 0 spiro atoms. The molecule has 122 valence electrons. The Morgan fingerprint density at radius 1 is 1.19 bits per heavy atom. The molecule has 8 nitrogen and oxygen atoms in total. The van der Waals surface area contributed by atoms with Crippen molar-refractivity contribution in [3.63, 3.8) is 0 Å². The highest BCUT2D eigenvalue weighted by atomic mass is 16.4. The van der Waals surface area contributed by atoms with Gasteiger partial charge in [-0.25, -0.2) is 0 Å². The Bertz CT molecular complexity index is 396. The highest BCUT2D eigenvalue weighted by molar-refractivity contribution is 5.79. The van der Waals surface area contributed by atoms with Crippen LogP contribution in [-0.4, -0.2) is 50.1 Å². The van der Waals surface area contributed by atoms with Gasteiger partial charge in [0, 0.05) is 11.1 Å². The van der Waals surface area contributed by atoms with Gasteiger partial charge in [0.15, 0.2) is 0 Å². The summed E-state index contributed by atoms with van der Waals surface area (Å²) in [5.74, 6) is -5.15. The van der Waals surface area contributed by atoms with Gasteiger partial charge in [-0.05, 0) is 13.3 Å². The van der Waals surface area contributed by atoms with Gasteiger partial charge in [0.1, 0.15) is 0 Å². The second-order valence-corrected chi connectivity index (χ2v) is 5.81. The molecular weight excluding hydrogens is 282 g/mol. The van der Waals surface area contributed by atoms with Crippen LogP contribution >= 0.6 is 0 Å². The molecular formula is C13H23NO7. The number of hydrogen-bond donors (Lipinski definition) is 4. The Morgan fingerprint density at radius 2 is 1.67 bits per heavy atom. The molecule has 21 heavy (non-hydrogen) atoms.